The van der Waals surface area contributed by atoms with Crippen LogP contribution in [-0.4, -0.2) is 47.8 Å². The van der Waals surface area contributed by atoms with E-state index in [4.69, 9.17) is 4.74 Å². The number of para-hydroxylation sites is 1. The first-order valence-electron chi connectivity index (χ1n) is 14.2. The SMILES string of the molecule is CC(C)C[C@@H](C=O)NC(=O)[C@H](CC(C)C)NC(=O)[C@@H](CNC(=O)OCc1ccccc1)Cc1c[nH]c2ccccc12. The van der Waals surface area contributed by atoms with Crippen LogP contribution in [0.2, 0.25) is 0 Å². The zero-order valence-electron chi connectivity index (χ0n) is 24.3. The van der Waals surface area contributed by atoms with Gasteiger partial charge in [-0.15, -0.1) is 0 Å². The lowest BCUT2D eigenvalue weighted by atomic mass is 9.96. The molecule has 0 bridgehead atoms. The van der Waals surface area contributed by atoms with E-state index < -0.39 is 30.0 Å². The van der Waals surface area contributed by atoms with Crippen molar-refractivity contribution in [3.05, 3.63) is 71.9 Å². The molecule has 0 saturated heterocycles. The molecular formula is C32H42N4O5. The van der Waals surface area contributed by atoms with Crippen LogP contribution in [0.4, 0.5) is 4.79 Å². The smallest absolute Gasteiger partial charge is 0.407 e. The Morgan fingerprint density at radius 2 is 1.56 bits per heavy atom. The number of aromatic amines is 1. The number of nitrogens with one attached hydrogen (secondary N) is 4. The van der Waals surface area contributed by atoms with E-state index in [1.54, 1.807) is 0 Å². The standard InChI is InChI=1S/C32H42N4O5/c1-21(2)14-26(19-37)35-31(39)29(15-22(3)4)36-30(38)25(16-24-17-33-28-13-9-8-12-27(24)28)18-34-32(40)41-20-23-10-6-5-7-11-23/h5-13,17,19,21-22,25-26,29,33H,14-16,18,20H2,1-4H3,(H,34,40)(H,35,39)(H,36,38)/t25-,26+,29+/m1/s1. The topological polar surface area (TPSA) is 129 Å². The van der Waals surface area contributed by atoms with E-state index in [9.17, 15) is 19.2 Å². The second-order valence-electron chi connectivity index (χ2n) is 11.3. The highest BCUT2D eigenvalue weighted by Gasteiger charge is 2.29. The van der Waals surface area contributed by atoms with Gasteiger partial charge in [0.2, 0.25) is 11.8 Å². The van der Waals surface area contributed by atoms with Crippen molar-refractivity contribution in [3.63, 3.8) is 0 Å². The number of alkyl carbamates (subject to hydrolysis) is 1. The van der Waals surface area contributed by atoms with E-state index in [0.29, 0.717) is 19.3 Å². The predicted molar refractivity (Wildman–Crippen MR) is 159 cm³/mol. The van der Waals surface area contributed by atoms with Gasteiger partial charge in [-0.2, -0.15) is 0 Å². The third kappa shape index (κ3) is 10.1. The number of hydrogen-bond acceptors (Lipinski definition) is 5. The van der Waals surface area contributed by atoms with Crippen LogP contribution in [0.1, 0.15) is 51.7 Å². The molecule has 0 aliphatic rings. The zero-order valence-corrected chi connectivity index (χ0v) is 24.3. The minimum atomic E-state index is -0.826. The Hall–Kier alpha value is -4.14. The van der Waals surface area contributed by atoms with Gasteiger partial charge in [0, 0.05) is 23.6 Å². The molecule has 0 spiro atoms. The van der Waals surface area contributed by atoms with Gasteiger partial charge in [0.1, 0.15) is 18.9 Å². The lowest BCUT2D eigenvalue weighted by Gasteiger charge is -2.25. The normalized spacial score (nSPS) is 13.4. The maximum absolute atomic E-state index is 13.7. The summed E-state index contributed by atoms with van der Waals surface area (Å²) in [6.45, 7) is 8.00. The van der Waals surface area contributed by atoms with Crippen molar-refractivity contribution in [1.82, 2.24) is 20.9 Å². The molecule has 2 aromatic carbocycles. The second-order valence-corrected chi connectivity index (χ2v) is 11.3. The number of aromatic nitrogens is 1. The number of aldehydes is 1. The molecule has 3 rings (SSSR count). The summed E-state index contributed by atoms with van der Waals surface area (Å²) in [5.41, 5.74) is 2.71. The highest BCUT2D eigenvalue weighted by Crippen LogP contribution is 2.21. The van der Waals surface area contributed by atoms with Gasteiger partial charge in [-0.3, -0.25) is 9.59 Å². The van der Waals surface area contributed by atoms with Crippen molar-refractivity contribution in [1.29, 1.82) is 0 Å². The van der Waals surface area contributed by atoms with Crippen molar-refractivity contribution in [2.24, 2.45) is 17.8 Å². The van der Waals surface area contributed by atoms with Crippen LogP contribution in [0.5, 0.6) is 0 Å². The van der Waals surface area contributed by atoms with Gasteiger partial charge in [0.05, 0.1) is 12.0 Å². The van der Waals surface area contributed by atoms with Gasteiger partial charge in [-0.05, 0) is 48.3 Å². The molecule has 3 atom stereocenters. The number of H-pyrrole nitrogens is 1. The third-order valence-electron chi connectivity index (χ3n) is 6.77. The first-order chi connectivity index (χ1) is 19.7. The van der Waals surface area contributed by atoms with Gasteiger partial charge in [-0.1, -0.05) is 76.2 Å². The quantitative estimate of drug-likeness (QED) is 0.203. The molecule has 0 radical (unpaired) electrons. The van der Waals surface area contributed by atoms with Gasteiger partial charge < -0.3 is 30.5 Å². The minimum Gasteiger partial charge on any atom is -0.445 e. The lowest BCUT2D eigenvalue weighted by molar-refractivity contribution is -0.132. The molecule has 0 aliphatic carbocycles. The molecule has 220 valence electrons. The Labute approximate surface area is 241 Å². The summed E-state index contributed by atoms with van der Waals surface area (Å²) < 4.78 is 5.34. The molecule has 1 aromatic heterocycles. The van der Waals surface area contributed by atoms with Gasteiger partial charge in [0.25, 0.3) is 0 Å². The number of carbonyl (C=O) groups excluding carboxylic acids is 4. The number of hydrogen-bond donors (Lipinski definition) is 4. The Morgan fingerprint density at radius 3 is 2.24 bits per heavy atom. The fourth-order valence-corrected chi connectivity index (χ4v) is 4.74. The van der Waals surface area contributed by atoms with Crippen molar-refractivity contribution >= 4 is 35.1 Å². The van der Waals surface area contributed by atoms with Crippen molar-refractivity contribution in [2.75, 3.05) is 6.54 Å². The fraction of sp³-hybridized carbons (Fsp3) is 0.438. The molecule has 0 saturated carbocycles. The van der Waals surface area contributed by atoms with Crippen LogP contribution in [0.15, 0.2) is 60.8 Å². The van der Waals surface area contributed by atoms with Crippen LogP contribution < -0.4 is 16.0 Å². The molecule has 1 heterocycles. The van der Waals surface area contributed by atoms with Crippen molar-refractivity contribution in [3.8, 4) is 0 Å². The van der Waals surface area contributed by atoms with Crippen LogP contribution in [-0.2, 0) is 32.1 Å². The molecule has 0 aliphatic heterocycles. The molecule has 3 amide bonds. The average molecular weight is 563 g/mol. The summed E-state index contributed by atoms with van der Waals surface area (Å²) in [6.07, 6.45) is 3.20. The third-order valence-corrected chi connectivity index (χ3v) is 6.77. The number of fused-ring (bicyclic) bond motifs is 1. The van der Waals surface area contributed by atoms with E-state index in [1.165, 1.54) is 0 Å². The number of benzene rings is 2. The maximum atomic E-state index is 13.7. The summed E-state index contributed by atoms with van der Waals surface area (Å²) in [5, 5.41) is 9.39. The molecular weight excluding hydrogens is 520 g/mol. The number of carbonyl (C=O) groups is 4. The summed E-state index contributed by atoms with van der Waals surface area (Å²) >= 11 is 0. The molecule has 0 fully saturated rings. The molecule has 9 nitrogen and oxygen atoms in total. The van der Waals surface area contributed by atoms with E-state index in [0.717, 1.165) is 28.3 Å². The highest BCUT2D eigenvalue weighted by atomic mass is 16.5. The first kappa shape index (κ1) is 31.4. The van der Waals surface area contributed by atoms with Crippen LogP contribution in [0, 0.1) is 17.8 Å². The van der Waals surface area contributed by atoms with E-state index in [1.807, 2.05) is 88.5 Å². The van der Waals surface area contributed by atoms with Crippen molar-refractivity contribution < 1.29 is 23.9 Å². The lowest BCUT2D eigenvalue weighted by Crippen LogP contribution is -2.53. The molecule has 9 heteroatoms. The Kier molecular flexibility index (Phi) is 11.9. The molecule has 41 heavy (non-hydrogen) atoms. The van der Waals surface area contributed by atoms with Gasteiger partial charge in [0.15, 0.2) is 0 Å². The summed E-state index contributed by atoms with van der Waals surface area (Å²) in [6, 6.07) is 15.7. The Balaban J connectivity index is 1.74. The fourth-order valence-electron chi connectivity index (χ4n) is 4.74. The van der Waals surface area contributed by atoms with Crippen LogP contribution in [0.3, 0.4) is 0 Å². The van der Waals surface area contributed by atoms with E-state index in [2.05, 4.69) is 20.9 Å². The number of amides is 3. The molecule has 3 aromatic rings. The van der Waals surface area contributed by atoms with Crippen molar-refractivity contribution in [2.45, 2.75) is 65.6 Å². The Bertz CT molecular complexity index is 1290. The van der Waals surface area contributed by atoms with Gasteiger partial charge in [-0.25, -0.2) is 4.79 Å². The summed E-state index contributed by atoms with van der Waals surface area (Å²) in [4.78, 5) is 54.2. The molecule has 4 N–H and O–H groups in total. The summed E-state index contributed by atoms with van der Waals surface area (Å²) in [7, 11) is 0. The Morgan fingerprint density at radius 1 is 0.878 bits per heavy atom. The first-order valence-corrected chi connectivity index (χ1v) is 14.2. The second kappa shape index (κ2) is 15.6. The summed E-state index contributed by atoms with van der Waals surface area (Å²) in [5.74, 6) is -1.11. The van der Waals surface area contributed by atoms with E-state index >= 15 is 0 Å². The zero-order chi connectivity index (χ0) is 29.8. The monoisotopic (exact) mass is 562 g/mol. The largest absolute Gasteiger partial charge is 0.445 e. The van der Waals surface area contributed by atoms with E-state index in [-0.39, 0.29) is 30.9 Å². The van der Waals surface area contributed by atoms with Crippen LogP contribution >= 0.6 is 0 Å². The molecule has 0 unspecified atom stereocenters. The maximum Gasteiger partial charge on any atom is 0.407 e. The minimum absolute atomic E-state index is 0.0132. The van der Waals surface area contributed by atoms with Gasteiger partial charge >= 0.3 is 6.09 Å². The average Bonchev–Trinajstić information content (AvgIpc) is 3.36. The number of rotatable bonds is 15. The highest BCUT2D eigenvalue weighted by molar-refractivity contribution is 5.90. The number of ether oxygens (including phenoxy) is 1. The van der Waals surface area contributed by atoms with Crippen LogP contribution in [0.25, 0.3) is 10.9 Å². The predicted octanol–water partition coefficient (Wildman–Crippen LogP) is 4.51.